The minimum Gasteiger partial charge on any atom is -0.497 e. The number of carbonyl (C=O) groups excluding carboxylic acids is 3. The molecule has 0 unspecified atom stereocenters. The maximum Gasteiger partial charge on any atom is 0.325 e. The number of nitrogens with zero attached hydrogens (tertiary/aromatic N) is 1. The number of nitrogens with one attached hydrogen (secondary N) is 2. The first-order valence-corrected chi connectivity index (χ1v) is 6.86. The van der Waals surface area contributed by atoms with Crippen molar-refractivity contribution in [2.75, 3.05) is 25.6 Å². The molecule has 0 aliphatic rings. The molecule has 2 aromatic rings. The largest absolute Gasteiger partial charge is 0.497 e. The summed E-state index contributed by atoms with van der Waals surface area (Å²) in [5.41, 5.74) is 0.368. The first kappa shape index (κ1) is 17.0. The number of esters is 1. The monoisotopic (exact) mass is 333 g/mol. The number of methoxy groups -OCH3 is 1. The second-order valence-electron chi connectivity index (χ2n) is 4.50. The lowest BCUT2D eigenvalue weighted by atomic mass is 10.2. The van der Waals surface area contributed by atoms with E-state index in [4.69, 9.17) is 9.47 Å². The molecule has 9 heteroatoms. The highest BCUT2D eigenvalue weighted by atomic mass is 16.5. The van der Waals surface area contributed by atoms with Crippen molar-refractivity contribution < 1.29 is 28.4 Å². The highest BCUT2D eigenvalue weighted by molar-refractivity contribution is 5.96. The molecule has 126 valence electrons. The lowest BCUT2D eigenvalue weighted by Gasteiger charge is -2.07. The van der Waals surface area contributed by atoms with E-state index in [1.165, 1.54) is 19.4 Å². The van der Waals surface area contributed by atoms with Crippen LogP contribution in [0.5, 0.6) is 5.75 Å². The summed E-state index contributed by atoms with van der Waals surface area (Å²) in [6.07, 6.45) is 1.29. The maximum absolute atomic E-state index is 11.8. The Kier molecular flexibility index (Phi) is 5.89. The smallest absolute Gasteiger partial charge is 0.325 e. The zero-order chi connectivity index (χ0) is 17.4. The molecule has 2 rings (SSSR count). The zero-order valence-corrected chi connectivity index (χ0v) is 12.8. The summed E-state index contributed by atoms with van der Waals surface area (Å²) in [5.74, 6) is -0.930. The van der Waals surface area contributed by atoms with Gasteiger partial charge in [0, 0.05) is 11.6 Å². The molecule has 0 aliphatic heterocycles. The van der Waals surface area contributed by atoms with Crippen LogP contribution >= 0.6 is 0 Å². The fourth-order valence-corrected chi connectivity index (χ4v) is 1.65. The Balaban J connectivity index is 1.70. The molecule has 0 bridgehead atoms. The minimum absolute atomic E-state index is 0.212. The summed E-state index contributed by atoms with van der Waals surface area (Å²) in [6.45, 7) is -0.855. The van der Waals surface area contributed by atoms with Gasteiger partial charge in [-0.15, -0.1) is 0 Å². The number of amides is 2. The first-order chi connectivity index (χ1) is 11.6. The summed E-state index contributed by atoms with van der Waals surface area (Å²) in [4.78, 5) is 34.8. The van der Waals surface area contributed by atoms with Crippen molar-refractivity contribution in [2.45, 2.75) is 0 Å². The Labute approximate surface area is 136 Å². The molecule has 0 atom stereocenters. The van der Waals surface area contributed by atoms with Gasteiger partial charge in [-0.25, -0.2) is 0 Å². The van der Waals surface area contributed by atoms with Crippen LogP contribution in [0, 0.1) is 0 Å². The van der Waals surface area contributed by atoms with Crippen LogP contribution in [0.15, 0.2) is 41.1 Å². The highest BCUT2D eigenvalue weighted by Crippen LogP contribution is 2.10. The van der Waals surface area contributed by atoms with Crippen LogP contribution in [0.4, 0.5) is 5.82 Å². The van der Waals surface area contributed by atoms with Crippen LogP contribution in [-0.4, -0.2) is 43.2 Å². The van der Waals surface area contributed by atoms with Crippen molar-refractivity contribution in [3.05, 3.63) is 42.2 Å². The topological polar surface area (TPSA) is 120 Å². The third-order valence-electron chi connectivity index (χ3n) is 2.82. The maximum atomic E-state index is 11.8. The van der Waals surface area contributed by atoms with E-state index in [1.54, 1.807) is 24.3 Å². The summed E-state index contributed by atoms with van der Waals surface area (Å²) in [6, 6.07) is 7.81. The summed E-state index contributed by atoms with van der Waals surface area (Å²) in [5, 5.41) is 8.23. The van der Waals surface area contributed by atoms with E-state index in [0.29, 0.717) is 11.3 Å². The van der Waals surface area contributed by atoms with Gasteiger partial charge in [0.15, 0.2) is 12.4 Å². The van der Waals surface area contributed by atoms with Gasteiger partial charge in [0.25, 0.3) is 11.8 Å². The number of rotatable bonds is 7. The van der Waals surface area contributed by atoms with E-state index in [1.807, 2.05) is 0 Å². The molecular formula is C15H15N3O6. The molecule has 2 N–H and O–H groups in total. The van der Waals surface area contributed by atoms with E-state index in [0.717, 1.165) is 0 Å². The number of ether oxygens (including phenoxy) is 2. The van der Waals surface area contributed by atoms with Crippen LogP contribution in [0.3, 0.4) is 0 Å². The van der Waals surface area contributed by atoms with Gasteiger partial charge in [0.1, 0.15) is 18.6 Å². The summed E-state index contributed by atoms with van der Waals surface area (Å²) >= 11 is 0. The Bertz CT molecular complexity index is 697. The molecule has 1 heterocycles. The molecule has 0 radical (unpaired) electrons. The standard InChI is InChI=1S/C15H15N3O6/c1-22-11-4-2-10(3-5-11)15(21)16-8-14(20)23-9-13(19)17-12-6-7-24-18-12/h2-7H,8-9H2,1H3,(H,16,21)(H,17,18,19). The molecule has 1 aromatic heterocycles. The average Bonchev–Trinajstić information content (AvgIpc) is 3.10. The van der Waals surface area contributed by atoms with Crippen LogP contribution in [0.2, 0.25) is 0 Å². The van der Waals surface area contributed by atoms with Crippen LogP contribution < -0.4 is 15.4 Å². The first-order valence-electron chi connectivity index (χ1n) is 6.86. The van der Waals surface area contributed by atoms with Crippen molar-refractivity contribution in [3.63, 3.8) is 0 Å². The lowest BCUT2D eigenvalue weighted by molar-refractivity contribution is -0.146. The van der Waals surface area contributed by atoms with Gasteiger partial charge in [-0.2, -0.15) is 0 Å². The van der Waals surface area contributed by atoms with Gasteiger partial charge in [0.2, 0.25) is 0 Å². The lowest BCUT2D eigenvalue weighted by Crippen LogP contribution is -2.32. The van der Waals surface area contributed by atoms with Crippen molar-refractivity contribution >= 4 is 23.6 Å². The quantitative estimate of drug-likeness (QED) is 0.712. The van der Waals surface area contributed by atoms with Crippen molar-refractivity contribution in [3.8, 4) is 5.75 Å². The number of hydrogen-bond acceptors (Lipinski definition) is 7. The van der Waals surface area contributed by atoms with E-state index in [9.17, 15) is 14.4 Å². The Morgan fingerprint density at radius 1 is 1.17 bits per heavy atom. The molecule has 0 saturated carbocycles. The molecule has 0 saturated heterocycles. The zero-order valence-electron chi connectivity index (χ0n) is 12.8. The van der Waals surface area contributed by atoms with E-state index in [2.05, 4.69) is 20.3 Å². The SMILES string of the molecule is COc1ccc(C(=O)NCC(=O)OCC(=O)Nc2ccon2)cc1. The highest BCUT2D eigenvalue weighted by Gasteiger charge is 2.11. The number of anilines is 1. The minimum atomic E-state index is -0.743. The van der Waals surface area contributed by atoms with Gasteiger partial charge < -0.3 is 24.6 Å². The van der Waals surface area contributed by atoms with Gasteiger partial charge in [0.05, 0.1) is 7.11 Å². The second-order valence-corrected chi connectivity index (χ2v) is 4.50. The van der Waals surface area contributed by atoms with Gasteiger partial charge in [-0.3, -0.25) is 14.4 Å². The van der Waals surface area contributed by atoms with Gasteiger partial charge in [-0.1, -0.05) is 5.16 Å². The Morgan fingerprint density at radius 3 is 2.54 bits per heavy atom. The van der Waals surface area contributed by atoms with Crippen LogP contribution in [-0.2, 0) is 14.3 Å². The predicted octanol–water partition coefficient (Wildman–Crippen LogP) is 0.595. The average molecular weight is 333 g/mol. The van der Waals surface area contributed by atoms with Crippen LogP contribution in [0.25, 0.3) is 0 Å². The molecule has 9 nitrogen and oxygen atoms in total. The van der Waals surface area contributed by atoms with E-state index < -0.39 is 24.4 Å². The van der Waals surface area contributed by atoms with Crippen molar-refractivity contribution in [1.29, 1.82) is 0 Å². The summed E-state index contributed by atoms with van der Waals surface area (Å²) in [7, 11) is 1.52. The number of hydrogen-bond donors (Lipinski definition) is 2. The molecule has 2 amide bonds. The molecule has 0 spiro atoms. The second kappa shape index (κ2) is 8.32. The normalized spacial score (nSPS) is 9.88. The number of aromatic nitrogens is 1. The molecule has 0 fully saturated rings. The fourth-order valence-electron chi connectivity index (χ4n) is 1.65. The third-order valence-corrected chi connectivity index (χ3v) is 2.82. The summed E-state index contributed by atoms with van der Waals surface area (Å²) < 4.78 is 14.3. The number of carbonyl (C=O) groups is 3. The van der Waals surface area contributed by atoms with E-state index >= 15 is 0 Å². The Hall–Kier alpha value is -3.36. The van der Waals surface area contributed by atoms with Gasteiger partial charge >= 0.3 is 5.97 Å². The molecule has 24 heavy (non-hydrogen) atoms. The molecule has 1 aromatic carbocycles. The van der Waals surface area contributed by atoms with E-state index in [-0.39, 0.29) is 12.4 Å². The number of benzene rings is 1. The van der Waals surface area contributed by atoms with Gasteiger partial charge in [-0.05, 0) is 24.3 Å². The molecule has 0 aliphatic carbocycles. The van der Waals surface area contributed by atoms with Crippen molar-refractivity contribution in [2.24, 2.45) is 0 Å². The Morgan fingerprint density at radius 2 is 1.92 bits per heavy atom. The fraction of sp³-hybridized carbons (Fsp3) is 0.200. The predicted molar refractivity (Wildman–Crippen MR) is 81.4 cm³/mol. The molecular weight excluding hydrogens is 318 g/mol. The van der Waals surface area contributed by atoms with Crippen molar-refractivity contribution in [1.82, 2.24) is 10.5 Å². The third kappa shape index (κ3) is 5.13. The van der Waals surface area contributed by atoms with Crippen LogP contribution in [0.1, 0.15) is 10.4 Å².